The maximum Gasteiger partial charge on any atom is 0.262 e. The zero-order valence-electron chi connectivity index (χ0n) is 7.06. The second kappa shape index (κ2) is 3.86. The van der Waals surface area contributed by atoms with E-state index in [1.165, 1.54) is 11.3 Å². The van der Waals surface area contributed by atoms with Crippen LogP contribution in [0.2, 0.25) is 0 Å². The van der Waals surface area contributed by atoms with Gasteiger partial charge in [-0.05, 0) is 12.1 Å². The van der Waals surface area contributed by atoms with E-state index in [0.29, 0.717) is 5.39 Å². The second-order valence-electron chi connectivity index (χ2n) is 2.64. The Morgan fingerprint density at radius 1 is 1.36 bits per heavy atom. The van der Waals surface area contributed by atoms with Crippen molar-refractivity contribution in [1.29, 1.82) is 0 Å². The van der Waals surface area contributed by atoms with Gasteiger partial charge in [-0.2, -0.15) is 0 Å². The van der Waals surface area contributed by atoms with Gasteiger partial charge in [-0.3, -0.25) is 4.79 Å². The summed E-state index contributed by atoms with van der Waals surface area (Å²) in [6, 6.07) is 7.25. The van der Waals surface area contributed by atoms with E-state index in [1.54, 1.807) is 12.1 Å². The lowest BCUT2D eigenvalue weighted by Crippen LogP contribution is -2.08. The maximum atomic E-state index is 10.9. The predicted octanol–water partition coefficient (Wildman–Crippen LogP) is 2.13. The molecule has 0 atom stereocenters. The van der Waals surface area contributed by atoms with Crippen LogP contribution >= 0.6 is 23.7 Å². The summed E-state index contributed by atoms with van der Waals surface area (Å²) in [4.78, 5) is 11.1. The molecular weight excluding hydrogens is 222 g/mol. The smallest absolute Gasteiger partial charge is 0.262 e. The van der Waals surface area contributed by atoms with Crippen molar-refractivity contribution in [1.82, 2.24) is 0 Å². The summed E-state index contributed by atoms with van der Waals surface area (Å²) in [7, 11) is 0. The van der Waals surface area contributed by atoms with Gasteiger partial charge in [0.15, 0.2) is 0 Å². The van der Waals surface area contributed by atoms with E-state index in [2.05, 4.69) is 0 Å². The molecule has 0 aliphatic rings. The molecule has 0 bridgehead atoms. The lowest BCUT2D eigenvalue weighted by atomic mass is 10.2. The minimum absolute atomic E-state index is 0. The summed E-state index contributed by atoms with van der Waals surface area (Å²) in [5.41, 5.74) is 5.09. The fourth-order valence-corrected chi connectivity index (χ4v) is 2.15. The zero-order chi connectivity index (χ0) is 9.42. The van der Waals surface area contributed by atoms with Crippen LogP contribution in [-0.2, 0) is 0 Å². The van der Waals surface area contributed by atoms with Crippen LogP contribution in [0, 0.1) is 0 Å². The first-order valence-electron chi connectivity index (χ1n) is 3.70. The highest BCUT2D eigenvalue weighted by atomic mass is 35.5. The molecule has 0 fully saturated rings. The highest BCUT2D eigenvalue weighted by Gasteiger charge is 2.14. The molecule has 5 heteroatoms. The lowest BCUT2D eigenvalue weighted by Gasteiger charge is -1.89. The van der Waals surface area contributed by atoms with Gasteiger partial charge in [-0.25, -0.2) is 0 Å². The fourth-order valence-electron chi connectivity index (χ4n) is 1.20. The number of halogens is 1. The van der Waals surface area contributed by atoms with E-state index in [4.69, 9.17) is 5.73 Å². The minimum Gasteiger partial charge on any atom is -0.506 e. The quantitative estimate of drug-likeness (QED) is 0.787. The summed E-state index contributed by atoms with van der Waals surface area (Å²) >= 11 is 1.21. The molecule has 74 valence electrons. The van der Waals surface area contributed by atoms with Gasteiger partial charge in [-0.15, -0.1) is 23.7 Å². The number of primary amides is 1. The van der Waals surface area contributed by atoms with Gasteiger partial charge in [0.2, 0.25) is 0 Å². The number of hydrogen-bond donors (Lipinski definition) is 2. The summed E-state index contributed by atoms with van der Waals surface area (Å²) in [6.07, 6.45) is 0. The van der Waals surface area contributed by atoms with Crippen LogP contribution in [0.25, 0.3) is 10.1 Å². The molecular formula is C9H8ClNO2S. The highest BCUT2D eigenvalue weighted by molar-refractivity contribution is 7.21. The van der Waals surface area contributed by atoms with Crippen LogP contribution in [0.3, 0.4) is 0 Å². The van der Waals surface area contributed by atoms with E-state index in [0.717, 1.165) is 4.70 Å². The number of amides is 1. The van der Waals surface area contributed by atoms with E-state index in [9.17, 15) is 9.90 Å². The molecule has 1 aromatic carbocycles. The Hall–Kier alpha value is -1.26. The summed E-state index contributed by atoms with van der Waals surface area (Å²) in [5.74, 6) is -0.591. The van der Waals surface area contributed by atoms with Crippen molar-refractivity contribution in [2.45, 2.75) is 0 Å². The van der Waals surface area contributed by atoms with E-state index in [-0.39, 0.29) is 23.0 Å². The van der Waals surface area contributed by atoms with E-state index < -0.39 is 5.91 Å². The number of carbonyl (C=O) groups is 1. The van der Waals surface area contributed by atoms with Gasteiger partial charge in [-0.1, -0.05) is 12.1 Å². The number of benzene rings is 1. The van der Waals surface area contributed by atoms with Crippen molar-refractivity contribution in [3.05, 3.63) is 29.1 Å². The molecule has 0 unspecified atom stereocenters. The zero-order valence-corrected chi connectivity index (χ0v) is 8.69. The Morgan fingerprint density at radius 3 is 2.57 bits per heavy atom. The van der Waals surface area contributed by atoms with Gasteiger partial charge in [0.05, 0.1) is 0 Å². The van der Waals surface area contributed by atoms with E-state index in [1.807, 2.05) is 12.1 Å². The van der Waals surface area contributed by atoms with Crippen molar-refractivity contribution in [3.8, 4) is 5.75 Å². The molecule has 0 saturated heterocycles. The average Bonchev–Trinajstić information content (AvgIpc) is 2.45. The number of carbonyl (C=O) groups excluding carboxylic acids is 1. The van der Waals surface area contributed by atoms with Crippen molar-refractivity contribution in [2.24, 2.45) is 5.73 Å². The number of hydrogen-bond acceptors (Lipinski definition) is 3. The Morgan fingerprint density at radius 2 is 2.00 bits per heavy atom. The molecule has 2 aromatic rings. The topological polar surface area (TPSA) is 63.3 Å². The monoisotopic (exact) mass is 229 g/mol. The standard InChI is InChI=1S/C9H7NO2S.ClH/c10-9(12)8-7(11)5-3-1-2-4-6(5)13-8;/h1-4,11H,(H2,10,12);1H. The average molecular weight is 230 g/mol. The molecule has 1 heterocycles. The number of thiophene rings is 1. The Balaban J connectivity index is 0.000000980. The van der Waals surface area contributed by atoms with Crippen molar-refractivity contribution >= 4 is 39.7 Å². The molecule has 1 amide bonds. The van der Waals surface area contributed by atoms with Gasteiger partial charge in [0.1, 0.15) is 10.6 Å². The third-order valence-electron chi connectivity index (χ3n) is 1.79. The maximum absolute atomic E-state index is 10.9. The van der Waals surface area contributed by atoms with Crippen molar-refractivity contribution in [2.75, 3.05) is 0 Å². The minimum atomic E-state index is -0.585. The molecule has 14 heavy (non-hydrogen) atoms. The van der Waals surface area contributed by atoms with Gasteiger partial charge < -0.3 is 10.8 Å². The van der Waals surface area contributed by atoms with Crippen LogP contribution in [-0.4, -0.2) is 11.0 Å². The normalized spacial score (nSPS) is 9.71. The molecule has 3 N–H and O–H groups in total. The largest absolute Gasteiger partial charge is 0.506 e. The first kappa shape index (κ1) is 10.8. The highest BCUT2D eigenvalue weighted by Crippen LogP contribution is 2.35. The lowest BCUT2D eigenvalue weighted by molar-refractivity contribution is 0.100. The van der Waals surface area contributed by atoms with Crippen molar-refractivity contribution < 1.29 is 9.90 Å². The van der Waals surface area contributed by atoms with Gasteiger partial charge in [0.25, 0.3) is 5.91 Å². The molecule has 0 radical (unpaired) electrons. The first-order chi connectivity index (χ1) is 6.20. The molecule has 2 rings (SSSR count). The number of fused-ring (bicyclic) bond motifs is 1. The van der Waals surface area contributed by atoms with E-state index >= 15 is 0 Å². The number of nitrogens with two attached hydrogens (primary N) is 1. The Bertz CT molecular complexity index is 481. The van der Waals surface area contributed by atoms with Crippen LogP contribution in [0.15, 0.2) is 24.3 Å². The molecule has 0 spiro atoms. The summed E-state index contributed by atoms with van der Waals surface area (Å²) < 4.78 is 0.869. The molecule has 0 aliphatic carbocycles. The Labute approximate surface area is 90.6 Å². The molecule has 0 aliphatic heterocycles. The third kappa shape index (κ3) is 1.54. The molecule has 0 saturated carbocycles. The predicted molar refractivity (Wildman–Crippen MR) is 59.3 cm³/mol. The van der Waals surface area contributed by atoms with Crippen LogP contribution in [0.4, 0.5) is 0 Å². The van der Waals surface area contributed by atoms with Crippen LogP contribution in [0.5, 0.6) is 5.75 Å². The van der Waals surface area contributed by atoms with Gasteiger partial charge in [0, 0.05) is 10.1 Å². The first-order valence-corrected chi connectivity index (χ1v) is 4.52. The molecule has 3 nitrogen and oxygen atoms in total. The number of rotatable bonds is 1. The molecule has 1 aromatic heterocycles. The fraction of sp³-hybridized carbons (Fsp3) is 0. The Kier molecular flexibility index (Phi) is 2.98. The summed E-state index contributed by atoms with van der Waals surface area (Å²) in [5, 5.41) is 10.3. The third-order valence-corrected chi connectivity index (χ3v) is 2.97. The van der Waals surface area contributed by atoms with Gasteiger partial charge >= 0.3 is 0 Å². The summed E-state index contributed by atoms with van der Waals surface area (Å²) in [6.45, 7) is 0. The number of aromatic hydroxyl groups is 1. The van der Waals surface area contributed by atoms with Crippen LogP contribution < -0.4 is 5.73 Å². The SMILES string of the molecule is Cl.NC(=O)c1sc2ccccc2c1O. The van der Waals surface area contributed by atoms with Crippen molar-refractivity contribution in [3.63, 3.8) is 0 Å². The van der Waals surface area contributed by atoms with Crippen LogP contribution in [0.1, 0.15) is 9.67 Å². The second-order valence-corrected chi connectivity index (χ2v) is 3.69.